The van der Waals surface area contributed by atoms with Crippen molar-refractivity contribution in [3.63, 3.8) is 0 Å². The molecular weight excluding hydrogens is 348 g/mol. The minimum Gasteiger partial charge on any atom is -0.497 e. The van der Waals surface area contributed by atoms with Crippen LogP contribution >= 0.6 is 11.8 Å². The Balaban J connectivity index is 1.92. The summed E-state index contributed by atoms with van der Waals surface area (Å²) in [7, 11) is 3.11. The number of hydrogen-bond donors (Lipinski definition) is 0. The highest BCUT2D eigenvalue weighted by atomic mass is 32.2. The Hall–Kier alpha value is -2.28. The monoisotopic (exact) mass is 365 g/mol. The zero-order chi connectivity index (χ0) is 18.0. The highest BCUT2D eigenvalue weighted by molar-refractivity contribution is 8.00. The summed E-state index contributed by atoms with van der Waals surface area (Å²) in [4.78, 5) is 13.9. The summed E-state index contributed by atoms with van der Waals surface area (Å²) in [5.41, 5.74) is 1.22. The number of methoxy groups -OCH3 is 2. The molecule has 0 N–H and O–H groups in total. The van der Waals surface area contributed by atoms with Crippen LogP contribution in [0, 0.1) is 11.6 Å². The Labute approximate surface area is 148 Å². The van der Waals surface area contributed by atoms with Crippen LogP contribution in [-0.4, -0.2) is 30.8 Å². The summed E-state index contributed by atoms with van der Waals surface area (Å²) in [6, 6.07) is 8.67. The maximum absolute atomic E-state index is 13.4. The molecule has 0 aliphatic carbocycles. The van der Waals surface area contributed by atoms with Gasteiger partial charge in [-0.2, -0.15) is 0 Å². The summed E-state index contributed by atoms with van der Waals surface area (Å²) in [6.45, 7) is 0.125. The summed E-state index contributed by atoms with van der Waals surface area (Å²) in [6.07, 6.45) is 0. The fraction of sp³-hybridized carbons (Fsp3) is 0.278. The van der Waals surface area contributed by atoms with Crippen molar-refractivity contribution in [1.29, 1.82) is 0 Å². The van der Waals surface area contributed by atoms with E-state index in [4.69, 9.17) is 9.47 Å². The van der Waals surface area contributed by atoms with E-state index in [1.807, 2.05) is 6.07 Å². The molecular formula is C18H17F2NO3S. The fourth-order valence-electron chi connectivity index (χ4n) is 2.80. The second kappa shape index (κ2) is 7.31. The molecule has 4 nitrogen and oxygen atoms in total. The summed E-state index contributed by atoms with van der Waals surface area (Å²) < 4.78 is 37.5. The van der Waals surface area contributed by atoms with Crippen LogP contribution in [-0.2, 0) is 11.3 Å². The maximum atomic E-state index is 13.4. The molecule has 1 fully saturated rings. The van der Waals surface area contributed by atoms with Gasteiger partial charge in [0.2, 0.25) is 5.91 Å². The lowest BCUT2D eigenvalue weighted by Crippen LogP contribution is -2.28. The first-order valence-electron chi connectivity index (χ1n) is 7.60. The molecule has 7 heteroatoms. The molecule has 0 spiro atoms. The minimum absolute atomic E-state index is 0.0856. The van der Waals surface area contributed by atoms with Gasteiger partial charge in [-0.3, -0.25) is 4.79 Å². The Bertz CT molecular complexity index is 780. The number of halogens is 2. The van der Waals surface area contributed by atoms with Crippen LogP contribution in [0.1, 0.15) is 16.5 Å². The van der Waals surface area contributed by atoms with E-state index in [-0.39, 0.29) is 17.8 Å². The first-order chi connectivity index (χ1) is 12.0. The third kappa shape index (κ3) is 3.71. The van der Waals surface area contributed by atoms with Gasteiger partial charge in [-0.1, -0.05) is 0 Å². The number of nitrogens with zero attached hydrogens (tertiary/aromatic N) is 1. The SMILES string of the molecule is COc1ccc(C2SCC(=O)N2Cc2cc(F)cc(F)c2)c(OC)c1. The van der Waals surface area contributed by atoms with Gasteiger partial charge in [0.25, 0.3) is 0 Å². The molecule has 1 atom stereocenters. The van der Waals surface area contributed by atoms with E-state index < -0.39 is 11.6 Å². The van der Waals surface area contributed by atoms with Crippen molar-refractivity contribution in [2.75, 3.05) is 20.0 Å². The number of ether oxygens (including phenoxy) is 2. The van der Waals surface area contributed by atoms with Crippen molar-refractivity contribution in [3.8, 4) is 11.5 Å². The molecule has 0 saturated carbocycles. The van der Waals surface area contributed by atoms with E-state index in [0.717, 1.165) is 11.6 Å². The molecule has 0 radical (unpaired) electrons. The molecule has 0 bridgehead atoms. The van der Waals surface area contributed by atoms with E-state index in [1.165, 1.54) is 23.9 Å². The zero-order valence-corrected chi connectivity index (χ0v) is 14.6. The van der Waals surface area contributed by atoms with Gasteiger partial charge in [0.1, 0.15) is 28.5 Å². The summed E-state index contributed by atoms with van der Waals surface area (Å²) >= 11 is 1.45. The van der Waals surface area contributed by atoms with Gasteiger partial charge in [-0.15, -0.1) is 11.8 Å². The lowest BCUT2D eigenvalue weighted by molar-refractivity contribution is -0.128. The fourth-order valence-corrected chi connectivity index (χ4v) is 4.02. The normalized spacial score (nSPS) is 17.0. The second-order valence-electron chi connectivity index (χ2n) is 5.57. The number of carbonyl (C=O) groups excluding carboxylic acids is 1. The maximum Gasteiger partial charge on any atom is 0.234 e. The largest absolute Gasteiger partial charge is 0.497 e. The molecule has 0 aromatic heterocycles. The zero-order valence-electron chi connectivity index (χ0n) is 13.8. The van der Waals surface area contributed by atoms with Crippen LogP contribution in [0.3, 0.4) is 0 Å². The van der Waals surface area contributed by atoms with Crippen molar-refractivity contribution >= 4 is 17.7 Å². The summed E-state index contributed by atoms with van der Waals surface area (Å²) in [5, 5.41) is -0.292. The Morgan fingerprint density at radius 1 is 1.12 bits per heavy atom. The first kappa shape index (κ1) is 17.5. The number of hydrogen-bond acceptors (Lipinski definition) is 4. The minimum atomic E-state index is -0.659. The molecule has 1 saturated heterocycles. The molecule has 3 rings (SSSR count). The lowest BCUT2D eigenvalue weighted by Gasteiger charge is -2.26. The van der Waals surface area contributed by atoms with E-state index >= 15 is 0 Å². The molecule has 1 aliphatic rings. The van der Waals surface area contributed by atoms with E-state index in [9.17, 15) is 13.6 Å². The van der Waals surface area contributed by atoms with Gasteiger partial charge >= 0.3 is 0 Å². The number of thioether (sulfide) groups is 1. The Kier molecular flexibility index (Phi) is 5.13. The molecule has 132 valence electrons. The van der Waals surface area contributed by atoms with Gasteiger partial charge in [-0.25, -0.2) is 8.78 Å². The van der Waals surface area contributed by atoms with Gasteiger partial charge in [-0.05, 0) is 29.8 Å². The average molecular weight is 365 g/mol. The number of rotatable bonds is 5. The lowest BCUT2D eigenvalue weighted by atomic mass is 10.1. The molecule has 2 aromatic rings. The van der Waals surface area contributed by atoms with Gasteiger partial charge in [0.05, 0.1) is 20.0 Å². The highest BCUT2D eigenvalue weighted by Crippen LogP contribution is 2.44. The molecule has 1 unspecified atom stereocenters. The van der Waals surface area contributed by atoms with E-state index in [2.05, 4.69) is 0 Å². The molecule has 1 amide bonds. The van der Waals surface area contributed by atoms with Gasteiger partial charge in [0, 0.05) is 24.2 Å². The predicted octanol–water partition coefficient (Wildman–Crippen LogP) is 3.76. The smallest absolute Gasteiger partial charge is 0.234 e. The standard InChI is InChI=1S/C18H17F2NO3S/c1-23-14-3-4-15(16(8-14)24-2)18-21(17(22)10-25-18)9-11-5-12(19)7-13(20)6-11/h3-8,18H,9-10H2,1-2H3. The Morgan fingerprint density at radius 2 is 1.84 bits per heavy atom. The van der Waals surface area contributed by atoms with Crippen molar-refractivity contribution in [1.82, 2.24) is 4.90 Å². The van der Waals surface area contributed by atoms with Crippen molar-refractivity contribution in [2.45, 2.75) is 11.9 Å². The van der Waals surface area contributed by atoms with Crippen molar-refractivity contribution in [3.05, 3.63) is 59.2 Å². The highest BCUT2D eigenvalue weighted by Gasteiger charge is 2.34. The first-order valence-corrected chi connectivity index (χ1v) is 8.64. The van der Waals surface area contributed by atoms with Gasteiger partial charge in [0.15, 0.2) is 0 Å². The predicted molar refractivity (Wildman–Crippen MR) is 91.7 cm³/mol. The van der Waals surface area contributed by atoms with Crippen molar-refractivity contribution in [2.24, 2.45) is 0 Å². The van der Waals surface area contributed by atoms with E-state index in [1.54, 1.807) is 31.3 Å². The van der Waals surface area contributed by atoms with E-state index in [0.29, 0.717) is 22.8 Å². The molecule has 1 aliphatic heterocycles. The third-order valence-electron chi connectivity index (χ3n) is 3.95. The van der Waals surface area contributed by atoms with Gasteiger partial charge < -0.3 is 14.4 Å². The topological polar surface area (TPSA) is 38.8 Å². The molecule has 2 aromatic carbocycles. The van der Waals surface area contributed by atoms with Crippen LogP contribution in [0.4, 0.5) is 8.78 Å². The molecule has 1 heterocycles. The second-order valence-corrected chi connectivity index (χ2v) is 6.64. The molecule has 25 heavy (non-hydrogen) atoms. The Morgan fingerprint density at radius 3 is 2.48 bits per heavy atom. The third-order valence-corrected chi connectivity index (χ3v) is 5.19. The van der Waals surface area contributed by atoms with Crippen LogP contribution in [0.5, 0.6) is 11.5 Å². The number of carbonyl (C=O) groups is 1. The van der Waals surface area contributed by atoms with Crippen LogP contribution < -0.4 is 9.47 Å². The van der Waals surface area contributed by atoms with Crippen LogP contribution in [0.15, 0.2) is 36.4 Å². The van der Waals surface area contributed by atoms with Crippen molar-refractivity contribution < 1.29 is 23.0 Å². The quantitative estimate of drug-likeness (QED) is 0.809. The van der Waals surface area contributed by atoms with Crippen LogP contribution in [0.2, 0.25) is 0 Å². The number of amides is 1. The summed E-state index contributed by atoms with van der Waals surface area (Å²) in [5.74, 6) is 0.145. The average Bonchev–Trinajstić information content (AvgIpc) is 2.94. The number of benzene rings is 2. The van der Waals surface area contributed by atoms with Crippen LogP contribution in [0.25, 0.3) is 0 Å².